The zero-order valence-electron chi connectivity index (χ0n) is 11.3. The lowest BCUT2D eigenvalue weighted by Crippen LogP contribution is -2.60. The largest absolute Gasteiger partial charge is 0.343 e. The van der Waals surface area contributed by atoms with Gasteiger partial charge in [-0.15, -0.1) is 0 Å². The van der Waals surface area contributed by atoms with Gasteiger partial charge in [-0.05, 0) is 20.3 Å². The van der Waals surface area contributed by atoms with Gasteiger partial charge in [-0.25, -0.2) is 16.8 Å². The molecule has 0 aromatic carbocycles. The molecule has 0 amide bonds. The van der Waals surface area contributed by atoms with Gasteiger partial charge in [0.05, 0.1) is 34.1 Å². The number of hydrogen-bond donors (Lipinski definition) is 0. The van der Waals surface area contributed by atoms with E-state index in [0.29, 0.717) is 10.7 Å². The Morgan fingerprint density at radius 3 is 2.40 bits per heavy atom. The summed E-state index contributed by atoms with van der Waals surface area (Å²) in [5.74, 6) is 0.408. The molecule has 0 aliphatic carbocycles. The van der Waals surface area contributed by atoms with E-state index in [4.69, 9.17) is 12.2 Å². The Kier molecular flexibility index (Phi) is 3.09. The van der Waals surface area contributed by atoms with Crippen molar-refractivity contribution in [3.63, 3.8) is 0 Å². The van der Waals surface area contributed by atoms with Gasteiger partial charge in [0.1, 0.15) is 4.32 Å². The lowest BCUT2D eigenvalue weighted by atomic mass is 9.90. The molecule has 9 heteroatoms. The highest BCUT2D eigenvalue weighted by atomic mass is 32.2. The van der Waals surface area contributed by atoms with Crippen molar-refractivity contribution in [1.82, 2.24) is 4.90 Å². The van der Waals surface area contributed by atoms with E-state index < -0.39 is 30.8 Å². The van der Waals surface area contributed by atoms with Gasteiger partial charge >= 0.3 is 0 Å². The molecule has 3 rings (SSSR count). The van der Waals surface area contributed by atoms with E-state index in [9.17, 15) is 16.8 Å². The standard InChI is InChI=1S/C11H17NO4S4/c1-10(3-4-19(13,14)6-10)12-9(17)18-8-5-20(15,16)7-11(8,12)2/h8H,3-7H2,1-2H3/t8-,10-,11+/m0/s1. The first-order chi connectivity index (χ1) is 8.98. The molecular weight excluding hydrogens is 338 g/mol. The van der Waals surface area contributed by atoms with Gasteiger partial charge in [0.25, 0.3) is 0 Å². The van der Waals surface area contributed by atoms with Crippen molar-refractivity contribution < 1.29 is 16.8 Å². The fourth-order valence-electron chi connectivity index (χ4n) is 3.77. The van der Waals surface area contributed by atoms with Crippen LogP contribution in [0.5, 0.6) is 0 Å². The molecule has 0 aromatic rings. The third-order valence-corrected chi connectivity index (χ3v) is 10.3. The first kappa shape index (κ1) is 15.1. The molecule has 3 aliphatic rings. The SMILES string of the molecule is C[C@]1(N2C(=S)S[C@H]3CS(=O)(=O)C[C@]32C)CCS(=O)(=O)C1. The van der Waals surface area contributed by atoms with Crippen LogP contribution in [0, 0.1) is 0 Å². The van der Waals surface area contributed by atoms with Gasteiger partial charge in [0, 0.05) is 5.25 Å². The fraction of sp³-hybridized carbons (Fsp3) is 0.909. The number of thiocarbonyl (C=S) groups is 1. The predicted molar refractivity (Wildman–Crippen MR) is 84.6 cm³/mol. The van der Waals surface area contributed by atoms with E-state index in [1.165, 1.54) is 11.8 Å². The van der Waals surface area contributed by atoms with Gasteiger partial charge in [-0.1, -0.05) is 24.0 Å². The van der Waals surface area contributed by atoms with Crippen molar-refractivity contribution in [3.8, 4) is 0 Å². The molecule has 20 heavy (non-hydrogen) atoms. The van der Waals surface area contributed by atoms with Crippen molar-refractivity contribution >= 4 is 48.0 Å². The Hall–Kier alpha value is 0.140. The maximum absolute atomic E-state index is 11.9. The topological polar surface area (TPSA) is 71.5 Å². The molecule has 0 saturated carbocycles. The highest BCUT2D eigenvalue weighted by molar-refractivity contribution is 8.24. The van der Waals surface area contributed by atoms with Crippen LogP contribution in [0.15, 0.2) is 0 Å². The monoisotopic (exact) mass is 355 g/mol. The summed E-state index contributed by atoms with van der Waals surface area (Å²) in [5, 5.41) is -0.0832. The summed E-state index contributed by atoms with van der Waals surface area (Å²) in [7, 11) is -6.14. The number of thioether (sulfide) groups is 1. The maximum atomic E-state index is 11.9. The van der Waals surface area contributed by atoms with E-state index in [1.54, 1.807) is 0 Å². The Balaban J connectivity index is 2.03. The Morgan fingerprint density at radius 2 is 1.85 bits per heavy atom. The number of rotatable bonds is 1. The molecule has 3 saturated heterocycles. The number of fused-ring (bicyclic) bond motifs is 1. The number of nitrogens with zero attached hydrogens (tertiary/aromatic N) is 1. The van der Waals surface area contributed by atoms with Crippen LogP contribution in [0.25, 0.3) is 0 Å². The molecule has 114 valence electrons. The fourth-order valence-corrected chi connectivity index (χ4v) is 11.0. The molecule has 5 nitrogen and oxygen atoms in total. The van der Waals surface area contributed by atoms with Crippen molar-refractivity contribution in [2.45, 2.75) is 36.6 Å². The quantitative estimate of drug-likeness (QED) is 0.633. The highest BCUT2D eigenvalue weighted by Gasteiger charge is 2.62. The zero-order valence-corrected chi connectivity index (χ0v) is 14.6. The van der Waals surface area contributed by atoms with E-state index in [2.05, 4.69) is 0 Å². The molecule has 0 unspecified atom stereocenters. The molecule has 3 aliphatic heterocycles. The first-order valence-corrected chi connectivity index (χ1v) is 11.3. The lowest BCUT2D eigenvalue weighted by molar-refractivity contribution is 0.123. The summed E-state index contributed by atoms with van der Waals surface area (Å²) in [6, 6.07) is 0. The van der Waals surface area contributed by atoms with Crippen LogP contribution in [0.3, 0.4) is 0 Å². The predicted octanol–water partition coefficient (Wildman–Crippen LogP) is 0.453. The van der Waals surface area contributed by atoms with Gasteiger partial charge in [0.15, 0.2) is 19.7 Å². The minimum Gasteiger partial charge on any atom is -0.343 e. The summed E-state index contributed by atoms with van der Waals surface area (Å²) < 4.78 is 48.2. The summed E-state index contributed by atoms with van der Waals surface area (Å²) in [6.07, 6.45) is 0.512. The van der Waals surface area contributed by atoms with Crippen LogP contribution >= 0.6 is 24.0 Å². The third kappa shape index (κ3) is 2.12. The van der Waals surface area contributed by atoms with Crippen LogP contribution in [0.1, 0.15) is 20.3 Å². The number of hydrogen-bond acceptors (Lipinski definition) is 6. The van der Waals surface area contributed by atoms with Crippen LogP contribution in [0.2, 0.25) is 0 Å². The van der Waals surface area contributed by atoms with Crippen LogP contribution in [-0.2, 0) is 19.7 Å². The van der Waals surface area contributed by atoms with Crippen LogP contribution in [0.4, 0.5) is 0 Å². The van der Waals surface area contributed by atoms with Crippen molar-refractivity contribution in [1.29, 1.82) is 0 Å². The maximum Gasteiger partial charge on any atom is 0.153 e. The van der Waals surface area contributed by atoms with E-state index in [0.717, 1.165) is 0 Å². The van der Waals surface area contributed by atoms with Gasteiger partial charge in [-0.3, -0.25) is 0 Å². The third-order valence-electron chi connectivity index (χ3n) is 4.57. The van der Waals surface area contributed by atoms with Crippen molar-refractivity contribution in [3.05, 3.63) is 0 Å². The first-order valence-electron chi connectivity index (χ1n) is 6.39. The summed E-state index contributed by atoms with van der Waals surface area (Å²) in [4.78, 5) is 1.93. The lowest BCUT2D eigenvalue weighted by Gasteiger charge is -2.45. The van der Waals surface area contributed by atoms with E-state index >= 15 is 0 Å². The second-order valence-electron chi connectivity index (χ2n) is 6.46. The smallest absolute Gasteiger partial charge is 0.153 e. The molecule has 3 atom stereocenters. The summed E-state index contributed by atoms with van der Waals surface area (Å²) >= 11 is 6.84. The molecule has 0 aromatic heterocycles. The number of sulfone groups is 2. The zero-order chi connectivity index (χ0) is 15.0. The van der Waals surface area contributed by atoms with Crippen LogP contribution < -0.4 is 0 Å². The Labute approximate surface area is 129 Å². The molecule has 0 N–H and O–H groups in total. The minimum atomic E-state index is -3.08. The molecule has 0 spiro atoms. The van der Waals surface area contributed by atoms with Gasteiger partial charge < -0.3 is 4.90 Å². The van der Waals surface area contributed by atoms with E-state index in [-0.39, 0.29) is 28.3 Å². The second kappa shape index (κ2) is 4.11. The van der Waals surface area contributed by atoms with Gasteiger partial charge in [0.2, 0.25) is 0 Å². The van der Waals surface area contributed by atoms with Crippen LogP contribution in [-0.4, -0.2) is 65.4 Å². The Bertz CT molecular complexity index is 685. The molecule has 3 fully saturated rings. The van der Waals surface area contributed by atoms with Crippen molar-refractivity contribution in [2.24, 2.45) is 0 Å². The summed E-state index contributed by atoms with van der Waals surface area (Å²) in [6.45, 7) is 3.80. The average Bonchev–Trinajstić information content (AvgIpc) is 2.69. The average molecular weight is 356 g/mol. The molecule has 3 heterocycles. The normalized spacial score (nSPS) is 45.8. The summed E-state index contributed by atoms with van der Waals surface area (Å²) in [5.41, 5.74) is -1.15. The minimum absolute atomic E-state index is 0.0586. The van der Waals surface area contributed by atoms with Crippen molar-refractivity contribution in [2.75, 3.05) is 23.0 Å². The Morgan fingerprint density at radius 1 is 1.20 bits per heavy atom. The highest BCUT2D eigenvalue weighted by Crippen LogP contribution is 2.51. The van der Waals surface area contributed by atoms with E-state index in [1.807, 2.05) is 18.7 Å². The van der Waals surface area contributed by atoms with Gasteiger partial charge in [-0.2, -0.15) is 0 Å². The second-order valence-corrected chi connectivity index (χ2v) is 12.6. The molecular formula is C11H17NO4S4. The molecule has 0 radical (unpaired) electrons. The molecule has 0 bridgehead atoms.